The fraction of sp³-hybridized carbons (Fsp3) is 0.647. The summed E-state index contributed by atoms with van der Waals surface area (Å²) in [4.78, 5) is 17.6. The number of rotatable bonds is 7. The van der Waals surface area contributed by atoms with Crippen LogP contribution >= 0.6 is 0 Å². The maximum Gasteiger partial charge on any atom is 0.222 e. The van der Waals surface area contributed by atoms with Gasteiger partial charge in [0.25, 0.3) is 0 Å². The summed E-state index contributed by atoms with van der Waals surface area (Å²) in [5.41, 5.74) is 1.25. The lowest BCUT2D eigenvalue weighted by molar-refractivity contribution is -0.128. The van der Waals surface area contributed by atoms with Crippen LogP contribution in [0.5, 0.6) is 5.75 Å². The molecule has 0 bridgehead atoms. The lowest BCUT2D eigenvalue weighted by Gasteiger charge is -2.27. The van der Waals surface area contributed by atoms with Crippen LogP contribution in [-0.4, -0.2) is 49.1 Å². The summed E-state index contributed by atoms with van der Waals surface area (Å²) in [5, 5.41) is 3.33. The van der Waals surface area contributed by atoms with Gasteiger partial charge in [-0.2, -0.15) is 0 Å². The second kappa shape index (κ2) is 6.65. The molecule has 0 radical (unpaired) electrons. The van der Waals surface area contributed by atoms with Crippen LogP contribution in [0.1, 0.15) is 37.2 Å². The Labute approximate surface area is 132 Å². The van der Waals surface area contributed by atoms with Gasteiger partial charge in [0.1, 0.15) is 12.4 Å². The molecule has 0 spiro atoms. The van der Waals surface area contributed by atoms with Crippen molar-refractivity contribution in [3.8, 4) is 5.75 Å². The van der Waals surface area contributed by atoms with Gasteiger partial charge < -0.3 is 15.0 Å². The van der Waals surface area contributed by atoms with Crippen LogP contribution in [-0.2, 0) is 4.79 Å². The Balaban J connectivity index is 1.47. The van der Waals surface area contributed by atoms with Gasteiger partial charge >= 0.3 is 0 Å². The Morgan fingerprint density at radius 1 is 1.45 bits per heavy atom. The van der Waals surface area contributed by atoms with Crippen molar-refractivity contribution in [2.24, 2.45) is 5.92 Å². The summed E-state index contributed by atoms with van der Waals surface area (Å²) in [6, 6.07) is 2.61. The van der Waals surface area contributed by atoms with Crippen molar-refractivity contribution < 1.29 is 9.53 Å². The monoisotopic (exact) mass is 303 g/mol. The number of amides is 1. The van der Waals surface area contributed by atoms with Crippen LogP contribution in [0.4, 0.5) is 0 Å². The number of nitrogens with zero attached hydrogens (tertiary/aromatic N) is 2. The molecule has 1 aromatic rings. The Morgan fingerprint density at radius 2 is 2.27 bits per heavy atom. The van der Waals surface area contributed by atoms with Crippen molar-refractivity contribution in [2.45, 2.75) is 37.6 Å². The smallest absolute Gasteiger partial charge is 0.222 e. The third-order valence-electron chi connectivity index (χ3n) is 4.69. The SMILES string of the molecule is CN(C)C(=O)CC[C@@H]1C[C@@H]1c1cncc(OC[C@@H]2CCN2)c1. The lowest BCUT2D eigenvalue weighted by Crippen LogP contribution is -2.46. The summed E-state index contributed by atoms with van der Waals surface area (Å²) in [6.07, 6.45) is 7.69. The van der Waals surface area contributed by atoms with E-state index < -0.39 is 0 Å². The van der Waals surface area contributed by atoms with Crippen molar-refractivity contribution in [3.63, 3.8) is 0 Å². The van der Waals surface area contributed by atoms with Crippen LogP contribution in [0.25, 0.3) is 0 Å². The molecule has 1 amide bonds. The molecule has 3 rings (SSSR count). The summed E-state index contributed by atoms with van der Waals surface area (Å²) in [5.74, 6) is 2.25. The van der Waals surface area contributed by atoms with Crippen molar-refractivity contribution in [1.29, 1.82) is 0 Å². The zero-order valence-electron chi connectivity index (χ0n) is 13.4. The van der Waals surface area contributed by atoms with E-state index in [0.717, 1.165) is 31.7 Å². The minimum atomic E-state index is 0.217. The minimum absolute atomic E-state index is 0.217. The standard InChI is InChI=1S/C17H25N3O2/c1-20(2)17(21)4-3-12-8-16(12)13-7-15(10-18-9-13)22-11-14-5-6-19-14/h7,9-10,12,14,16,19H,3-6,8,11H2,1-2H3/t12-,14+,16+/m1/s1. The van der Waals surface area contributed by atoms with Crippen LogP contribution in [0, 0.1) is 5.92 Å². The molecule has 1 saturated carbocycles. The molecule has 2 aliphatic rings. The zero-order valence-corrected chi connectivity index (χ0v) is 13.4. The second-order valence-corrected chi connectivity index (χ2v) is 6.63. The quantitative estimate of drug-likeness (QED) is 0.834. The van der Waals surface area contributed by atoms with E-state index in [1.807, 2.05) is 20.3 Å². The highest BCUT2D eigenvalue weighted by molar-refractivity contribution is 5.75. The third-order valence-corrected chi connectivity index (χ3v) is 4.69. The van der Waals surface area contributed by atoms with E-state index >= 15 is 0 Å². The van der Waals surface area contributed by atoms with Gasteiger partial charge in [0.2, 0.25) is 5.91 Å². The van der Waals surface area contributed by atoms with Crippen molar-refractivity contribution in [1.82, 2.24) is 15.2 Å². The predicted octanol–water partition coefficient (Wildman–Crippen LogP) is 1.79. The number of ether oxygens (including phenoxy) is 1. The number of carbonyl (C=O) groups is 1. The van der Waals surface area contributed by atoms with Gasteiger partial charge in [0.15, 0.2) is 0 Å². The van der Waals surface area contributed by atoms with E-state index in [2.05, 4.69) is 16.4 Å². The maximum absolute atomic E-state index is 11.6. The lowest BCUT2D eigenvalue weighted by atomic mass is 10.1. The Bertz CT molecular complexity index is 528. The molecule has 22 heavy (non-hydrogen) atoms. The number of carbonyl (C=O) groups excluding carboxylic acids is 1. The fourth-order valence-electron chi connectivity index (χ4n) is 2.91. The molecule has 3 atom stereocenters. The molecule has 1 aliphatic carbocycles. The first-order chi connectivity index (χ1) is 10.6. The number of aromatic nitrogens is 1. The Morgan fingerprint density at radius 3 is 2.95 bits per heavy atom. The summed E-state index contributed by atoms with van der Waals surface area (Å²) < 4.78 is 5.81. The van der Waals surface area contributed by atoms with Crippen molar-refractivity contribution >= 4 is 5.91 Å². The first-order valence-electron chi connectivity index (χ1n) is 8.15. The molecule has 2 heterocycles. The third kappa shape index (κ3) is 3.77. The maximum atomic E-state index is 11.6. The van der Waals surface area contributed by atoms with Crippen molar-refractivity contribution in [3.05, 3.63) is 24.0 Å². The van der Waals surface area contributed by atoms with Crippen LogP contribution in [0.3, 0.4) is 0 Å². The number of hydrogen-bond donors (Lipinski definition) is 1. The molecule has 2 fully saturated rings. The molecule has 120 valence electrons. The summed E-state index contributed by atoms with van der Waals surface area (Å²) in [7, 11) is 3.63. The highest BCUT2D eigenvalue weighted by Gasteiger charge is 2.38. The molecular formula is C17H25N3O2. The topological polar surface area (TPSA) is 54.5 Å². The van der Waals surface area contributed by atoms with E-state index in [1.54, 1.807) is 11.1 Å². The Kier molecular flexibility index (Phi) is 4.62. The first kappa shape index (κ1) is 15.3. The van der Waals surface area contributed by atoms with Crippen molar-refractivity contribution in [2.75, 3.05) is 27.2 Å². The van der Waals surface area contributed by atoms with Crippen LogP contribution < -0.4 is 10.1 Å². The zero-order chi connectivity index (χ0) is 15.5. The van der Waals surface area contributed by atoms with Gasteiger partial charge in [-0.1, -0.05) is 0 Å². The van der Waals surface area contributed by atoms with E-state index in [9.17, 15) is 4.79 Å². The largest absolute Gasteiger partial charge is 0.490 e. The van der Waals surface area contributed by atoms with Gasteiger partial charge in [-0.25, -0.2) is 0 Å². The van der Waals surface area contributed by atoms with Gasteiger partial charge in [0.05, 0.1) is 6.20 Å². The average molecular weight is 303 g/mol. The molecule has 1 aliphatic heterocycles. The summed E-state index contributed by atoms with van der Waals surface area (Å²) in [6.45, 7) is 1.82. The van der Waals surface area contributed by atoms with Gasteiger partial charge in [-0.3, -0.25) is 9.78 Å². The predicted molar refractivity (Wildman–Crippen MR) is 84.9 cm³/mol. The first-order valence-corrected chi connectivity index (χ1v) is 8.15. The highest BCUT2D eigenvalue weighted by atomic mass is 16.5. The van der Waals surface area contributed by atoms with E-state index in [0.29, 0.717) is 24.3 Å². The van der Waals surface area contributed by atoms with E-state index in [-0.39, 0.29) is 5.91 Å². The Hall–Kier alpha value is -1.62. The molecule has 0 unspecified atom stereocenters. The molecular weight excluding hydrogens is 278 g/mol. The van der Waals surface area contributed by atoms with Gasteiger partial charge in [-0.15, -0.1) is 0 Å². The van der Waals surface area contributed by atoms with E-state index in [4.69, 9.17) is 4.74 Å². The number of pyridine rings is 1. The molecule has 0 aromatic carbocycles. The molecule has 1 aromatic heterocycles. The van der Waals surface area contributed by atoms with Crippen LogP contribution in [0.15, 0.2) is 18.5 Å². The van der Waals surface area contributed by atoms with Crippen LogP contribution in [0.2, 0.25) is 0 Å². The minimum Gasteiger partial charge on any atom is -0.490 e. The average Bonchev–Trinajstić information content (AvgIpc) is 3.23. The number of hydrogen-bond acceptors (Lipinski definition) is 4. The molecule has 1 saturated heterocycles. The highest BCUT2D eigenvalue weighted by Crippen LogP contribution is 2.50. The second-order valence-electron chi connectivity index (χ2n) is 6.63. The molecule has 5 heteroatoms. The van der Waals surface area contributed by atoms with Gasteiger partial charge in [0, 0.05) is 32.8 Å². The van der Waals surface area contributed by atoms with Gasteiger partial charge in [-0.05, 0) is 49.3 Å². The fourth-order valence-corrected chi connectivity index (χ4v) is 2.91. The number of nitrogens with one attached hydrogen (secondary N) is 1. The van der Waals surface area contributed by atoms with E-state index in [1.165, 1.54) is 12.0 Å². The normalized spacial score (nSPS) is 26.2. The molecule has 5 nitrogen and oxygen atoms in total. The summed E-state index contributed by atoms with van der Waals surface area (Å²) >= 11 is 0. The molecule has 1 N–H and O–H groups in total.